The molecule has 1 aliphatic rings. The fourth-order valence-corrected chi connectivity index (χ4v) is 3.73. The van der Waals surface area contributed by atoms with Gasteiger partial charge in [0, 0.05) is 19.5 Å². The molecule has 24 heavy (non-hydrogen) atoms. The van der Waals surface area contributed by atoms with Crippen LogP contribution in [0.15, 0.2) is 30.3 Å². The number of hydrogen-bond donors (Lipinski definition) is 0. The third-order valence-electron chi connectivity index (χ3n) is 5.30. The summed E-state index contributed by atoms with van der Waals surface area (Å²) in [7, 11) is 4.07. The molecule has 3 heteroatoms. The molecule has 1 heterocycles. The first-order valence-electron chi connectivity index (χ1n) is 9.28. The maximum Gasteiger partial charge on any atom is 0.154 e. The van der Waals surface area contributed by atoms with Gasteiger partial charge in [0.1, 0.15) is 5.82 Å². The minimum Gasteiger partial charge on any atom is -0.362 e. The van der Waals surface area contributed by atoms with Crippen molar-refractivity contribution in [3.63, 3.8) is 0 Å². The Kier molecular flexibility index (Phi) is 5.49. The largest absolute Gasteiger partial charge is 0.362 e. The smallest absolute Gasteiger partial charge is 0.154 e. The number of rotatable bonds is 5. The minimum absolute atomic E-state index is 0.819. The third-order valence-corrected chi connectivity index (χ3v) is 5.30. The fraction of sp³-hybridized carbons (Fsp3) is 0.524. The Morgan fingerprint density at radius 2 is 1.75 bits per heavy atom. The van der Waals surface area contributed by atoms with Gasteiger partial charge in [0.2, 0.25) is 0 Å². The molecule has 1 saturated carbocycles. The van der Waals surface area contributed by atoms with Gasteiger partial charge in [0.15, 0.2) is 5.82 Å². The molecule has 1 aromatic heterocycles. The summed E-state index contributed by atoms with van der Waals surface area (Å²) in [6, 6.07) is 8.23. The van der Waals surface area contributed by atoms with E-state index in [0.29, 0.717) is 0 Å². The van der Waals surface area contributed by atoms with Crippen LogP contribution in [-0.4, -0.2) is 24.1 Å². The zero-order valence-electron chi connectivity index (χ0n) is 15.2. The number of allylic oxidation sites excluding steroid dienone is 1. The lowest BCUT2D eigenvalue weighted by Crippen LogP contribution is -2.13. The van der Waals surface area contributed by atoms with Crippen LogP contribution in [0.1, 0.15) is 51.3 Å². The van der Waals surface area contributed by atoms with E-state index in [1.165, 1.54) is 32.1 Å². The van der Waals surface area contributed by atoms with Crippen LogP contribution in [0.25, 0.3) is 17.0 Å². The average Bonchev–Trinajstić information content (AvgIpc) is 2.61. The van der Waals surface area contributed by atoms with Crippen molar-refractivity contribution in [3.05, 3.63) is 36.2 Å². The summed E-state index contributed by atoms with van der Waals surface area (Å²) in [5.74, 6) is 3.62. The molecule has 128 valence electrons. The van der Waals surface area contributed by atoms with Crippen LogP contribution in [0.3, 0.4) is 0 Å². The molecule has 3 nitrogen and oxygen atoms in total. The molecular weight excluding hydrogens is 294 g/mol. The van der Waals surface area contributed by atoms with E-state index in [0.717, 1.165) is 40.8 Å². The van der Waals surface area contributed by atoms with Gasteiger partial charge in [-0.25, -0.2) is 9.97 Å². The number of hydrogen-bond acceptors (Lipinski definition) is 3. The van der Waals surface area contributed by atoms with Gasteiger partial charge in [-0.05, 0) is 49.3 Å². The highest BCUT2D eigenvalue weighted by atomic mass is 15.1. The highest BCUT2D eigenvalue weighted by Gasteiger charge is 2.18. The quantitative estimate of drug-likeness (QED) is 0.746. The molecule has 0 spiro atoms. The zero-order chi connectivity index (χ0) is 16.9. The van der Waals surface area contributed by atoms with Crippen molar-refractivity contribution in [1.82, 2.24) is 9.97 Å². The molecule has 0 saturated heterocycles. The van der Waals surface area contributed by atoms with E-state index in [2.05, 4.69) is 36.1 Å². The van der Waals surface area contributed by atoms with Crippen molar-refractivity contribution >= 4 is 22.8 Å². The van der Waals surface area contributed by atoms with Crippen LogP contribution < -0.4 is 4.90 Å². The Bertz CT molecular complexity index is 697. The Morgan fingerprint density at radius 3 is 2.46 bits per heavy atom. The Morgan fingerprint density at radius 1 is 1.04 bits per heavy atom. The molecule has 1 fully saturated rings. The van der Waals surface area contributed by atoms with Crippen molar-refractivity contribution in [2.75, 3.05) is 19.0 Å². The summed E-state index contributed by atoms with van der Waals surface area (Å²) in [6.45, 7) is 2.32. The van der Waals surface area contributed by atoms with Crippen molar-refractivity contribution in [1.29, 1.82) is 0 Å². The van der Waals surface area contributed by atoms with E-state index in [-0.39, 0.29) is 0 Å². The van der Waals surface area contributed by atoms with E-state index < -0.39 is 0 Å². The van der Waals surface area contributed by atoms with Crippen LogP contribution in [0.4, 0.5) is 5.82 Å². The molecule has 1 aromatic carbocycles. The van der Waals surface area contributed by atoms with Crippen molar-refractivity contribution in [2.24, 2.45) is 11.8 Å². The predicted molar refractivity (Wildman–Crippen MR) is 103 cm³/mol. The molecular formula is C21H29N3. The molecule has 0 aliphatic heterocycles. The molecule has 3 rings (SSSR count). The first kappa shape index (κ1) is 16.9. The molecule has 0 N–H and O–H groups in total. The Hall–Kier alpha value is -1.90. The van der Waals surface area contributed by atoms with Gasteiger partial charge in [-0.15, -0.1) is 0 Å². The summed E-state index contributed by atoms with van der Waals surface area (Å²) < 4.78 is 0. The van der Waals surface area contributed by atoms with Gasteiger partial charge in [-0.3, -0.25) is 0 Å². The van der Waals surface area contributed by atoms with Gasteiger partial charge >= 0.3 is 0 Å². The molecule has 0 radical (unpaired) electrons. The van der Waals surface area contributed by atoms with Crippen LogP contribution in [0.2, 0.25) is 0 Å². The SMILES string of the molecule is CCC1CCC(C/C=C/c2nc(N(C)C)c3ccccc3n2)CC1. The minimum atomic E-state index is 0.819. The third kappa shape index (κ3) is 3.95. The summed E-state index contributed by atoms with van der Waals surface area (Å²) >= 11 is 0. The average molecular weight is 323 g/mol. The number of nitrogens with zero attached hydrogens (tertiary/aromatic N) is 3. The molecule has 2 aromatic rings. The lowest BCUT2D eigenvalue weighted by molar-refractivity contribution is 0.271. The van der Waals surface area contributed by atoms with E-state index in [9.17, 15) is 0 Å². The van der Waals surface area contributed by atoms with Crippen LogP contribution >= 0.6 is 0 Å². The summed E-state index contributed by atoms with van der Waals surface area (Å²) in [5, 5.41) is 1.11. The second-order valence-corrected chi connectivity index (χ2v) is 7.25. The number of fused-ring (bicyclic) bond motifs is 1. The van der Waals surface area contributed by atoms with E-state index in [4.69, 9.17) is 9.97 Å². The topological polar surface area (TPSA) is 29.0 Å². The molecule has 0 bridgehead atoms. The molecule has 0 unspecified atom stereocenters. The van der Waals surface area contributed by atoms with Crippen LogP contribution in [0.5, 0.6) is 0 Å². The maximum atomic E-state index is 4.74. The lowest BCUT2D eigenvalue weighted by atomic mass is 9.79. The van der Waals surface area contributed by atoms with Gasteiger partial charge in [-0.1, -0.05) is 44.4 Å². The van der Waals surface area contributed by atoms with Gasteiger partial charge < -0.3 is 4.90 Å². The first-order chi connectivity index (χ1) is 11.7. The second-order valence-electron chi connectivity index (χ2n) is 7.25. The first-order valence-corrected chi connectivity index (χ1v) is 9.28. The summed E-state index contributed by atoms with van der Waals surface area (Å²) in [6.07, 6.45) is 12.5. The monoisotopic (exact) mass is 323 g/mol. The summed E-state index contributed by atoms with van der Waals surface area (Å²) in [4.78, 5) is 11.5. The second kappa shape index (κ2) is 7.78. The lowest BCUT2D eigenvalue weighted by Gasteiger charge is -2.26. The van der Waals surface area contributed by atoms with E-state index in [1.807, 2.05) is 26.2 Å². The van der Waals surface area contributed by atoms with Crippen LogP contribution in [-0.2, 0) is 0 Å². The Balaban J connectivity index is 1.71. The highest BCUT2D eigenvalue weighted by molar-refractivity contribution is 5.89. The summed E-state index contributed by atoms with van der Waals surface area (Å²) in [5.41, 5.74) is 1.01. The molecule has 0 atom stereocenters. The van der Waals surface area contributed by atoms with Gasteiger partial charge in [0.25, 0.3) is 0 Å². The molecule has 1 aliphatic carbocycles. The van der Waals surface area contributed by atoms with Crippen LogP contribution in [0, 0.1) is 11.8 Å². The normalized spacial score (nSPS) is 21.5. The number of anilines is 1. The number of para-hydroxylation sites is 1. The Labute approximate surface area is 145 Å². The predicted octanol–water partition coefficient (Wildman–Crippen LogP) is 5.32. The van der Waals surface area contributed by atoms with Gasteiger partial charge in [-0.2, -0.15) is 0 Å². The van der Waals surface area contributed by atoms with E-state index >= 15 is 0 Å². The zero-order valence-corrected chi connectivity index (χ0v) is 15.2. The number of benzene rings is 1. The molecule has 0 amide bonds. The van der Waals surface area contributed by atoms with Crippen molar-refractivity contribution < 1.29 is 0 Å². The van der Waals surface area contributed by atoms with Crippen molar-refractivity contribution in [3.8, 4) is 0 Å². The van der Waals surface area contributed by atoms with Gasteiger partial charge in [0.05, 0.1) is 5.52 Å². The highest BCUT2D eigenvalue weighted by Crippen LogP contribution is 2.32. The standard InChI is InChI=1S/C21H29N3/c1-4-16-12-14-17(15-13-16)8-7-11-20-22-19-10-6-5-9-18(19)21(23-20)24(2)3/h5-7,9-11,16-17H,4,8,12-15H2,1-3H3/b11-7+. The maximum absolute atomic E-state index is 4.74. The van der Waals surface area contributed by atoms with E-state index in [1.54, 1.807) is 0 Å². The van der Waals surface area contributed by atoms with Crippen molar-refractivity contribution in [2.45, 2.75) is 45.4 Å². The number of aromatic nitrogens is 2. The fourth-order valence-electron chi connectivity index (χ4n) is 3.73.